The Kier molecular flexibility index (Phi) is 3.99. The Labute approximate surface area is 109 Å². The van der Waals surface area contributed by atoms with Crippen molar-refractivity contribution in [2.24, 2.45) is 5.73 Å². The Hall–Kier alpha value is -1.10. The molecule has 0 saturated carbocycles. The quantitative estimate of drug-likeness (QED) is 0.926. The number of halogens is 2. The summed E-state index contributed by atoms with van der Waals surface area (Å²) in [6.45, 7) is 1.15. The summed E-state index contributed by atoms with van der Waals surface area (Å²) in [7, 11) is 0. The van der Waals surface area contributed by atoms with Crippen LogP contribution < -0.4 is 5.73 Å². The van der Waals surface area contributed by atoms with E-state index in [2.05, 4.69) is 10.3 Å². The number of hydrogen-bond acceptors (Lipinski definition) is 3. The van der Waals surface area contributed by atoms with Crippen molar-refractivity contribution in [2.75, 3.05) is 6.54 Å². The maximum absolute atomic E-state index is 6.11. The van der Waals surface area contributed by atoms with Gasteiger partial charge in [0.1, 0.15) is 0 Å². The molecule has 1 heterocycles. The summed E-state index contributed by atoms with van der Waals surface area (Å²) in [5.74, 6) is 0. The first-order chi connectivity index (χ1) is 8.20. The number of nitrogens with two attached hydrogens (primary N) is 1. The van der Waals surface area contributed by atoms with Crippen LogP contribution in [0.5, 0.6) is 0 Å². The zero-order valence-corrected chi connectivity index (χ0v) is 10.6. The van der Waals surface area contributed by atoms with Crippen LogP contribution in [0.25, 0.3) is 0 Å². The van der Waals surface area contributed by atoms with Gasteiger partial charge in [-0.2, -0.15) is 0 Å². The first kappa shape index (κ1) is 12.4. The van der Waals surface area contributed by atoms with Crippen molar-refractivity contribution in [3.05, 3.63) is 45.7 Å². The summed E-state index contributed by atoms with van der Waals surface area (Å²) < 4.78 is 1.79. The van der Waals surface area contributed by atoms with Crippen molar-refractivity contribution >= 4 is 23.2 Å². The molecule has 2 N–H and O–H groups in total. The minimum absolute atomic E-state index is 0.571. The molecule has 4 nitrogen and oxygen atoms in total. The Morgan fingerprint density at radius 3 is 2.82 bits per heavy atom. The second kappa shape index (κ2) is 5.49. The Bertz CT molecular complexity index is 510. The third kappa shape index (κ3) is 2.97. The molecule has 0 fully saturated rings. The van der Waals surface area contributed by atoms with Crippen molar-refractivity contribution in [2.45, 2.75) is 13.0 Å². The molecule has 0 saturated heterocycles. The maximum atomic E-state index is 6.11. The second-order valence-electron chi connectivity index (χ2n) is 3.66. The van der Waals surface area contributed by atoms with E-state index in [1.807, 2.05) is 12.1 Å². The van der Waals surface area contributed by atoms with Gasteiger partial charge in [-0.15, -0.1) is 5.10 Å². The summed E-state index contributed by atoms with van der Waals surface area (Å²) >= 11 is 11.9. The lowest BCUT2D eigenvalue weighted by molar-refractivity contribution is 0.617. The normalized spacial score (nSPS) is 10.8. The number of nitrogens with zero attached hydrogens (tertiary/aromatic N) is 3. The van der Waals surface area contributed by atoms with E-state index < -0.39 is 0 Å². The van der Waals surface area contributed by atoms with Crippen LogP contribution in [0, 0.1) is 0 Å². The van der Waals surface area contributed by atoms with Crippen molar-refractivity contribution in [3.63, 3.8) is 0 Å². The SMILES string of the molecule is NCCc1cnnn1Cc1ccc(Cl)cc1Cl. The predicted octanol–water partition coefficient (Wildman–Crippen LogP) is 2.13. The van der Waals surface area contributed by atoms with Gasteiger partial charge in [-0.1, -0.05) is 34.5 Å². The monoisotopic (exact) mass is 270 g/mol. The van der Waals surface area contributed by atoms with Crippen LogP contribution in [0.2, 0.25) is 10.0 Å². The van der Waals surface area contributed by atoms with Gasteiger partial charge in [0.05, 0.1) is 18.4 Å². The summed E-state index contributed by atoms with van der Waals surface area (Å²) in [5, 5.41) is 9.14. The van der Waals surface area contributed by atoms with E-state index in [1.165, 1.54) is 0 Å². The zero-order valence-electron chi connectivity index (χ0n) is 9.11. The van der Waals surface area contributed by atoms with E-state index in [9.17, 15) is 0 Å². The first-order valence-corrected chi connectivity index (χ1v) is 5.97. The molecule has 0 bridgehead atoms. The molecule has 0 aliphatic carbocycles. The Balaban J connectivity index is 2.22. The molecule has 2 rings (SSSR count). The van der Waals surface area contributed by atoms with Crippen LogP contribution in [-0.4, -0.2) is 21.5 Å². The van der Waals surface area contributed by atoms with Gasteiger partial charge in [-0.05, 0) is 24.2 Å². The van der Waals surface area contributed by atoms with Crippen molar-refractivity contribution in [1.82, 2.24) is 15.0 Å². The van der Waals surface area contributed by atoms with E-state index in [-0.39, 0.29) is 0 Å². The van der Waals surface area contributed by atoms with E-state index in [1.54, 1.807) is 16.9 Å². The lowest BCUT2D eigenvalue weighted by Gasteiger charge is -2.07. The van der Waals surface area contributed by atoms with Crippen LogP contribution in [0.15, 0.2) is 24.4 Å². The van der Waals surface area contributed by atoms with E-state index >= 15 is 0 Å². The molecule has 0 atom stereocenters. The molecule has 0 radical (unpaired) electrons. The number of aromatic nitrogens is 3. The zero-order chi connectivity index (χ0) is 12.3. The smallest absolute Gasteiger partial charge is 0.0725 e. The molecular weight excluding hydrogens is 259 g/mol. The van der Waals surface area contributed by atoms with Crippen LogP contribution in [0.3, 0.4) is 0 Å². The average molecular weight is 271 g/mol. The lowest BCUT2D eigenvalue weighted by atomic mass is 10.2. The molecule has 6 heteroatoms. The third-order valence-electron chi connectivity index (χ3n) is 2.43. The fourth-order valence-corrected chi connectivity index (χ4v) is 2.03. The fraction of sp³-hybridized carbons (Fsp3) is 0.273. The molecule has 0 unspecified atom stereocenters. The summed E-state index contributed by atoms with van der Waals surface area (Å²) in [5.41, 5.74) is 7.48. The standard InChI is InChI=1S/C11H12Cl2N4/c12-9-2-1-8(11(13)5-9)7-17-10(3-4-14)6-15-16-17/h1-2,5-6H,3-4,7,14H2. The van der Waals surface area contributed by atoms with Crippen LogP contribution in [0.1, 0.15) is 11.3 Å². The molecule has 1 aromatic carbocycles. The van der Waals surface area contributed by atoms with Gasteiger partial charge in [0, 0.05) is 16.5 Å². The van der Waals surface area contributed by atoms with Crippen LogP contribution in [-0.2, 0) is 13.0 Å². The average Bonchev–Trinajstić information content (AvgIpc) is 2.71. The molecule has 90 valence electrons. The van der Waals surface area contributed by atoms with E-state index in [4.69, 9.17) is 28.9 Å². The van der Waals surface area contributed by atoms with Gasteiger partial charge >= 0.3 is 0 Å². The van der Waals surface area contributed by atoms with Gasteiger partial charge in [-0.3, -0.25) is 0 Å². The molecule has 0 spiro atoms. The predicted molar refractivity (Wildman–Crippen MR) is 68.3 cm³/mol. The summed E-state index contributed by atoms with van der Waals surface area (Å²) in [4.78, 5) is 0. The molecule has 17 heavy (non-hydrogen) atoms. The first-order valence-electron chi connectivity index (χ1n) is 5.22. The minimum atomic E-state index is 0.571. The molecule has 0 aliphatic heterocycles. The van der Waals surface area contributed by atoms with Gasteiger partial charge < -0.3 is 5.73 Å². The topological polar surface area (TPSA) is 56.7 Å². The van der Waals surface area contributed by atoms with Crippen molar-refractivity contribution in [3.8, 4) is 0 Å². The van der Waals surface area contributed by atoms with Crippen molar-refractivity contribution in [1.29, 1.82) is 0 Å². The molecule has 0 amide bonds. The van der Waals surface area contributed by atoms with Gasteiger partial charge in [0.2, 0.25) is 0 Å². The van der Waals surface area contributed by atoms with Crippen molar-refractivity contribution < 1.29 is 0 Å². The van der Waals surface area contributed by atoms with Crippen LogP contribution >= 0.6 is 23.2 Å². The summed E-state index contributed by atoms with van der Waals surface area (Å²) in [6, 6.07) is 5.42. The largest absolute Gasteiger partial charge is 0.330 e. The van der Waals surface area contributed by atoms with Gasteiger partial charge in [0.15, 0.2) is 0 Å². The number of hydrogen-bond donors (Lipinski definition) is 1. The lowest BCUT2D eigenvalue weighted by Crippen LogP contribution is -2.11. The number of benzene rings is 1. The minimum Gasteiger partial charge on any atom is -0.330 e. The van der Waals surface area contributed by atoms with E-state index in [0.29, 0.717) is 23.1 Å². The number of rotatable bonds is 4. The highest BCUT2D eigenvalue weighted by atomic mass is 35.5. The highest BCUT2D eigenvalue weighted by Gasteiger charge is 2.07. The Morgan fingerprint density at radius 1 is 1.29 bits per heavy atom. The van der Waals surface area contributed by atoms with Gasteiger partial charge in [-0.25, -0.2) is 4.68 Å². The Morgan fingerprint density at radius 2 is 2.12 bits per heavy atom. The molecule has 0 aliphatic rings. The molecule has 1 aromatic heterocycles. The highest BCUT2D eigenvalue weighted by molar-refractivity contribution is 6.35. The van der Waals surface area contributed by atoms with Gasteiger partial charge in [0.25, 0.3) is 0 Å². The third-order valence-corrected chi connectivity index (χ3v) is 3.02. The fourth-order valence-electron chi connectivity index (χ4n) is 1.56. The summed E-state index contributed by atoms with van der Waals surface area (Å²) in [6.07, 6.45) is 2.47. The highest BCUT2D eigenvalue weighted by Crippen LogP contribution is 2.21. The maximum Gasteiger partial charge on any atom is 0.0725 e. The second-order valence-corrected chi connectivity index (χ2v) is 4.50. The molecular formula is C11H12Cl2N4. The molecule has 2 aromatic rings. The van der Waals surface area contributed by atoms with E-state index in [0.717, 1.165) is 17.7 Å². The van der Waals surface area contributed by atoms with Crippen LogP contribution in [0.4, 0.5) is 0 Å².